The normalized spacial score (nSPS) is 16.5. The van der Waals surface area contributed by atoms with E-state index in [9.17, 15) is 19.7 Å². The number of non-ortho nitro benzene ring substituents is 1. The van der Waals surface area contributed by atoms with Crippen LogP contribution in [0, 0.1) is 36.8 Å². The highest BCUT2D eigenvalue weighted by Gasteiger charge is 2.36. The molecule has 7 heteroatoms. The molecule has 0 aliphatic carbocycles. The van der Waals surface area contributed by atoms with Gasteiger partial charge in [0.1, 0.15) is 0 Å². The minimum atomic E-state index is -0.504. The lowest BCUT2D eigenvalue weighted by molar-refractivity contribution is -0.384. The number of hydrogen-bond donors (Lipinski definition) is 1. The van der Waals surface area contributed by atoms with Crippen molar-refractivity contribution in [3.8, 4) is 0 Å². The molecule has 1 N–H and O–H groups in total. The van der Waals surface area contributed by atoms with Gasteiger partial charge in [-0.05, 0) is 43.5 Å². The van der Waals surface area contributed by atoms with Crippen molar-refractivity contribution in [2.45, 2.75) is 27.2 Å². The van der Waals surface area contributed by atoms with Crippen molar-refractivity contribution < 1.29 is 14.5 Å². The first-order chi connectivity index (χ1) is 12.8. The maximum atomic E-state index is 12.7. The average molecular weight is 367 g/mol. The third kappa shape index (κ3) is 3.67. The summed E-state index contributed by atoms with van der Waals surface area (Å²) in [5.74, 6) is -0.907. The van der Waals surface area contributed by atoms with Crippen molar-refractivity contribution in [2.75, 3.05) is 16.8 Å². The van der Waals surface area contributed by atoms with Crippen LogP contribution in [0.5, 0.6) is 0 Å². The second kappa shape index (κ2) is 7.19. The van der Waals surface area contributed by atoms with Crippen molar-refractivity contribution in [1.29, 1.82) is 0 Å². The Labute approximate surface area is 157 Å². The number of anilines is 2. The Morgan fingerprint density at radius 1 is 1.19 bits per heavy atom. The number of carbonyl (C=O) groups excluding carboxylic acids is 2. The lowest BCUT2D eigenvalue weighted by atomic mass is 10.1. The molecule has 0 bridgehead atoms. The minimum absolute atomic E-state index is 0.0876. The number of nitrogens with zero attached hydrogens (tertiary/aromatic N) is 2. The largest absolute Gasteiger partial charge is 0.325 e. The molecule has 0 aromatic heterocycles. The summed E-state index contributed by atoms with van der Waals surface area (Å²) in [4.78, 5) is 37.2. The first-order valence-corrected chi connectivity index (χ1v) is 8.70. The van der Waals surface area contributed by atoms with Crippen LogP contribution in [0.4, 0.5) is 17.1 Å². The summed E-state index contributed by atoms with van der Waals surface area (Å²) in [6.45, 7) is 6.00. The van der Waals surface area contributed by atoms with Gasteiger partial charge < -0.3 is 10.2 Å². The van der Waals surface area contributed by atoms with Gasteiger partial charge in [0.15, 0.2) is 0 Å². The van der Waals surface area contributed by atoms with Crippen LogP contribution in [0.15, 0.2) is 36.4 Å². The van der Waals surface area contributed by atoms with Crippen LogP contribution in [0.2, 0.25) is 0 Å². The Morgan fingerprint density at radius 3 is 2.63 bits per heavy atom. The predicted octanol–water partition coefficient (Wildman–Crippen LogP) is 3.51. The van der Waals surface area contributed by atoms with E-state index in [1.807, 2.05) is 32.0 Å². The SMILES string of the molecule is Cc1ccc([N+](=O)[O-])cc1NC(=O)[C@@H]1CC(=O)N(c2cccc(C)c2C)C1. The molecule has 2 aromatic carbocycles. The number of rotatable bonds is 4. The van der Waals surface area contributed by atoms with E-state index >= 15 is 0 Å². The highest BCUT2D eigenvalue weighted by molar-refractivity contribution is 6.04. The lowest BCUT2D eigenvalue weighted by Crippen LogP contribution is -2.28. The monoisotopic (exact) mass is 367 g/mol. The van der Waals surface area contributed by atoms with Gasteiger partial charge in [0.2, 0.25) is 11.8 Å². The van der Waals surface area contributed by atoms with Crippen molar-refractivity contribution in [1.82, 2.24) is 0 Å². The number of aryl methyl sites for hydroxylation is 2. The molecule has 0 radical (unpaired) electrons. The van der Waals surface area contributed by atoms with Gasteiger partial charge in [-0.25, -0.2) is 0 Å². The van der Waals surface area contributed by atoms with Crippen LogP contribution in [-0.4, -0.2) is 23.3 Å². The maximum Gasteiger partial charge on any atom is 0.271 e. The van der Waals surface area contributed by atoms with Crippen LogP contribution in [0.3, 0.4) is 0 Å². The zero-order valence-electron chi connectivity index (χ0n) is 15.5. The summed E-state index contributed by atoms with van der Waals surface area (Å²) < 4.78 is 0. The molecule has 1 aliphatic heterocycles. The molecule has 1 aliphatic rings. The van der Waals surface area contributed by atoms with Gasteiger partial charge in [0, 0.05) is 30.8 Å². The van der Waals surface area contributed by atoms with Crippen LogP contribution in [-0.2, 0) is 9.59 Å². The Balaban J connectivity index is 1.78. The van der Waals surface area contributed by atoms with Crippen LogP contribution in [0.1, 0.15) is 23.1 Å². The zero-order valence-corrected chi connectivity index (χ0v) is 15.5. The first-order valence-electron chi connectivity index (χ1n) is 8.70. The van der Waals surface area contributed by atoms with Crippen molar-refractivity contribution >= 4 is 28.9 Å². The molecular formula is C20H21N3O4. The highest BCUT2D eigenvalue weighted by atomic mass is 16.6. The van der Waals surface area contributed by atoms with Crippen molar-refractivity contribution in [3.05, 3.63) is 63.2 Å². The molecule has 2 aromatic rings. The first kappa shape index (κ1) is 18.6. The minimum Gasteiger partial charge on any atom is -0.325 e. The number of hydrogen-bond acceptors (Lipinski definition) is 4. The van der Waals surface area contributed by atoms with E-state index in [0.29, 0.717) is 12.2 Å². The van der Waals surface area contributed by atoms with Crippen LogP contribution < -0.4 is 10.2 Å². The second-order valence-electron chi connectivity index (χ2n) is 6.87. The molecule has 7 nitrogen and oxygen atoms in total. The molecule has 1 heterocycles. The Kier molecular flexibility index (Phi) is 4.94. The predicted molar refractivity (Wildman–Crippen MR) is 103 cm³/mol. The van der Waals surface area contributed by atoms with Gasteiger partial charge >= 0.3 is 0 Å². The number of amides is 2. The summed E-state index contributed by atoms with van der Waals surface area (Å²) >= 11 is 0. The molecule has 1 saturated heterocycles. The van der Waals surface area contributed by atoms with Crippen LogP contribution in [0.25, 0.3) is 0 Å². The van der Waals surface area contributed by atoms with E-state index < -0.39 is 10.8 Å². The Morgan fingerprint density at radius 2 is 1.93 bits per heavy atom. The third-order valence-corrected chi connectivity index (χ3v) is 5.05. The molecule has 0 spiro atoms. The van der Waals surface area contributed by atoms with Gasteiger partial charge in [0.05, 0.1) is 16.5 Å². The van der Waals surface area contributed by atoms with Gasteiger partial charge in [0.25, 0.3) is 5.69 Å². The Bertz CT molecular complexity index is 939. The van der Waals surface area contributed by atoms with Crippen LogP contribution >= 0.6 is 0 Å². The second-order valence-corrected chi connectivity index (χ2v) is 6.87. The summed E-state index contributed by atoms with van der Waals surface area (Å²) in [5.41, 5.74) is 3.95. The summed E-state index contributed by atoms with van der Waals surface area (Å²) in [5, 5.41) is 13.7. The molecule has 1 fully saturated rings. The number of nitro groups is 1. The number of nitrogens with one attached hydrogen (secondary N) is 1. The van der Waals surface area contributed by atoms with E-state index in [4.69, 9.17) is 0 Å². The average Bonchev–Trinajstić information content (AvgIpc) is 3.01. The summed E-state index contributed by atoms with van der Waals surface area (Å²) in [7, 11) is 0. The standard InChI is InChI=1S/C20H21N3O4/c1-12-5-4-6-18(14(12)3)22-11-15(9-19(22)24)20(25)21-17-10-16(23(26)27)8-7-13(17)2/h4-8,10,15H,9,11H2,1-3H3,(H,21,25)/t15-/m1/s1. The van der Waals surface area contributed by atoms with Gasteiger partial charge in [-0.15, -0.1) is 0 Å². The number of benzene rings is 2. The molecule has 140 valence electrons. The quantitative estimate of drug-likeness (QED) is 0.661. The zero-order chi connectivity index (χ0) is 19.7. The topological polar surface area (TPSA) is 92.5 Å². The van der Waals surface area contributed by atoms with E-state index in [1.165, 1.54) is 12.1 Å². The fourth-order valence-corrected chi connectivity index (χ4v) is 3.24. The molecule has 3 rings (SSSR count). The van der Waals surface area contributed by atoms with Crippen molar-refractivity contribution in [2.24, 2.45) is 5.92 Å². The third-order valence-electron chi connectivity index (χ3n) is 5.05. The molecule has 2 amide bonds. The van der Waals surface area contributed by atoms with Crippen molar-refractivity contribution in [3.63, 3.8) is 0 Å². The van der Waals surface area contributed by atoms with E-state index in [1.54, 1.807) is 17.9 Å². The molecular weight excluding hydrogens is 346 g/mol. The molecule has 1 atom stereocenters. The molecule has 27 heavy (non-hydrogen) atoms. The van der Waals surface area contributed by atoms with E-state index in [2.05, 4.69) is 5.32 Å². The van der Waals surface area contributed by atoms with Gasteiger partial charge in [-0.1, -0.05) is 18.2 Å². The smallest absolute Gasteiger partial charge is 0.271 e. The van der Waals surface area contributed by atoms with E-state index in [-0.39, 0.29) is 23.9 Å². The van der Waals surface area contributed by atoms with E-state index in [0.717, 1.165) is 22.4 Å². The van der Waals surface area contributed by atoms with Gasteiger partial charge in [-0.3, -0.25) is 19.7 Å². The highest BCUT2D eigenvalue weighted by Crippen LogP contribution is 2.30. The summed E-state index contributed by atoms with van der Waals surface area (Å²) in [6, 6.07) is 10.1. The maximum absolute atomic E-state index is 12.7. The lowest BCUT2D eigenvalue weighted by Gasteiger charge is -2.20. The number of nitro benzene ring substituents is 1. The molecule has 0 unspecified atom stereocenters. The summed E-state index contributed by atoms with van der Waals surface area (Å²) in [6.07, 6.45) is 0.118. The van der Waals surface area contributed by atoms with Gasteiger partial charge in [-0.2, -0.15) is 0 Å². The number of carbonyl (C=O) groups is 2. The fourth-order valence-electron chi connectivity index (χ4n) is 3.24. The fraction of sp³-hybridized carbons (Fsp3) is 0.300. The Hall–Kier alpha value is -3.22. The molecule has 0 saturated carbocycles.